The summed E-state index contributed by atoms with van der Waals surface area (Å²) in [5, 5.41) is 8.84. The summed E-state index contributed by atoms with van der Waals surface area (Å²) < 4.78 is 16.7. The molecule has 1 heterocycles. The number of hydrogen-bond acceptors (Lipinski definition) is 6. The van der Waals surface area contributed by atoms with Crippen LogP contribution in [0.4, 0.5) is 0 Å². The normalized spacial score (nSPS) is 16.7. The van der Waals surface area contributed by atoms with Gasteiger partial charge >= 0.3 is 5.97 Å². The van der Waals surface area contributed by atoms with Crippen molar-refractivity contribution in [2.45, 2.75) is 12.5 Å². The third-order valence-corrected chi connectivity index (χ3v) is 4.37. The van der Waals surface area contributed by atoms with Crippen LogP contribution in [0.1, 0.15) is 5.56 Å². The van der Waals surface area contributed by atoms with E-state index in [4.69, 9.17) is 19.3 Å². The molecule has 0 radical (unpaired) electrons. The van der Waals surface area contributed by atoms with Gasteiger partial charge in [0.1, 0.15) is 0 Å². The number of aliphatic carboxylic acids is 1. The lowest BCUT2D eigenvalue weighted by atomic mass is 10.1. The number of methoxy groups -OCH3 is 1. The SMILES string of the molecule is C=CCc1ccc(OCC(=O)N2CCOC(CN(C)CC(=O)O)C2)c(OC)c1. The van der Waals surface area contributed by atoms with Crippen LogP contribution in [0.5, 0.6) is 11.5 Å². The zero-order valence-electron chi connectivity index (χ0n) is 16.4. The zero-order valence-corrected chi connectivity index (χ0v) is 16.4. The fourth-order valence-corrected chi connectivity index (χ4v) is 3.06. The fraction of sp³-hybridized carbons (Fsp3) is 0.500. The van der Waals surface area contributed by atoms with Crippen molar-refractivity contribution in [2.75, 3.05) is 53.6 Å². The Morgan fingerprint density at radius 1 is 1.43 bits per heavy atom. The molecule has 1 aromatic carbocycles. The lowest BCUT2D eigenvalue weighted by Gasteiger charge is -2.34. The van der Waals surface area contributed by atoms with Crippen LogP contribution in [0.25, 0.3) is 0 Å². The Kier molecular flexibility index (Phi) is 8.28. The van der Waals surface area contributed by atoms with E-state index in [0.717, 1.165) is 12.0 Å². The third kappa shape index (κ3) is 6.54. The van der Waals surface area contributed by atoms with Gasteiger partial charge in [0.2, 0.25) is 0 Å². The Morgan fingerprint density at radius 2 is 2.21 bits per heavy atom. The molecule has 1 unspecified atom stereocenters. The van der Waals surface area contributed by atoms with Crippen molar-refractivity contribution in [1.82, 2.24) is 9.80 Å². The van der Waals surface area contributed by atoms with Gasteiger partial charge in [-0.2, -0.15) is 0 Å². The van der Waals surface area contributed by atoms with Gasteiger partial charge in [-0.25, -0.2) is 0 Å². The molecule has 1 amide bonds. The first-order valence-corrected chi connectivity index (χ1v) is 9.13. The molecule has 28 heavy (non-hydrogen) atoms. The van der Waals surface area contributed by atoms with Gasteiger partial charge in [0.15, 0.2) is 18.1 Å². The molecule has 0 saturated carbocycles. The molecular weight excluding hydrogens is 364 g/mol. The quantitative estimate of drug-likeness (QED) is 0.595. The third-order valence-electron chi connectivity index (χ3n) is 4.37. The smallest absolute Gasteiger partial charge is 0.317 e. The zero-order chi connectivity index (χ0) is 20.5. The van der Waals surface area contributed by atoms with Crippen LogP contribution in [-0.4, -0.2) is 86.4 Å². The molecule has 8 heteroatoms. The minimum atomic E-state index is -0.896. The average molecular weight is 392 g/mol. The molecule has 8 nitrogen and oxygen atoms in total. The number of likely N-dealkylation sites (N-methyl/N-ethyl adjacent to an activating group) is 1. The molecule has 154 valence electrons. The van der Waals surface area contributed by atoms with E-state index in [0.29, 0.717) is 37.7 Å². The number of morpholine rings is 1. The lowest BCUT2D eigenvalue weighted by Crippen LogP contribution is -2.50. The maximum absolute atomic E-state index is 12.5. The summed E-state index contributed by atoms with van der Waals surface area (Å²) in [6.45, 7) is 5.29. The molecular formula is C20H28N2O6. The molecule has 0 bridgehead atoms. The van der Waals surface area contributed by atoms with Gasteiger partial charge in [-0.1, -0.05) is 12.1 Å². The van der Waals surface area contributed by atoms with Crippen molar-refractivity contribution < 1.29 is 28.9 Å². The molecule has 1 aromatic rings. The van der Waals surface area contributed by atoms with Crippen LogP contribution in [0.2, 0.25) is 0 Å². The maximum atomic E-state index is 12.5. The molecule has 2 rings (SSSR count). The highest BCUT2D eigenvalue weighted by atomic mass is 16.5. The second-order valence-corrected chi connectivity index (χ2v) is 6.69. The highest BCUT2D eigenvalue weighted by Gasteiger charge is 2.26. The van der Waals surface area contributed by atoms with E-state index < -0.39 is 5.97 Å². The minimum absolute atomic E-state index is 0.0709. The summed E-state index contributed by atoms with van der Waals surface area (Å²) >= 11 is 0. The van der Waals surface area contributed by atoms with E-state index in [-0.39, 0.29) is 25.2 Å². The predicted molar refractivity (Wildman–Crippen MR) is 104 cm³/mol. The second kappa shape index (κ2) is 10.7. The predicted octanol–water partition coefficient (Wildman–Crippen LogP) is 1.05. The van der Waals surface area contributed by atoms with Gasteiger partial charge in [-0.05, 0) is 31.2 Å². The van der Waals surface area contributed by atoms with E-state index >= 15 is 0 Å². The summed E-state index contributed by atoms with van der Waals surface area (Å²) in [7, 11) is 3.27. The fourth-order valence-electron chi connectivity index (χ4n) is 3.06. The number of nitrogens with zero attached hydrogens (tertiary/aromatic N) is 2. The standard InChI is InChI=1S/C20H28N2O6/c1-4-5-15-6-7-17(18(10-15)26-3)28-14-19(23)22-8-9-27-16(12-22)11-21(2)13-20(24)25/h4,6-7,10,16H,1,5,8-9,11-14H2,2-3H3,(H,24,25). The van der Waals surface area contributed by atoms with E-state index in [9.17, 15) is 9.59 Å². The molecule has 0 aromatic heterocycles. The topological polar surface area (TPSA) is 88.5 Å². The van der Waals surface area contributed by atoms with E-state index in [1.165, 1.54) is 0 Å². The lowest BCUT2D eigenvalue weighted by molar-refractivity contribution is -0.143. The summed E-state index contributed by atoms with van der Waals surface area (Å²) in [5.41, 5.74) is 1.05. The van der Waals surface area contributed by atoms with Crippen LogP contribution in [0.3, 0.4) is 0 Å². The van der Waals surface area contributed by atoms with Crippen molar-refractivity contribution in [3.05, 3.63) is 36.4 Å². The van der Waals surface area contributed by atoms with Crippen LogP contribution in [0, 0.1) is 0 Å². The molecule has 1 atom stereocenters. The van der Waals surface area contributed by atoms with Gasteiger partial charge < -0.3 is 24.2 Å². The van der Waals surface area contributed by atoms with Crippen molar-refractivity contribution >= 4 is 11.9 Å². The first kappa shape index (κ1) is 21.7. The Hall–Kier alpha value is -2.58. The van der Waals surface area contributed by atoms with Crippen molar-refractivity contribution in [2.24, 2.45) is 0 Å². The number of carboxylic acids is 1. The first-order valence-electron chi connectivity index (χ1n) is 9.13. The first-order chi connectivity index (χ1) is 13.4. The Labute approximate surface area is 165 Å². The van der Waals surface area contributed by atoms with Gasteiger partial charge in [0.05, 0.1) is 26.4 Å². The molecule has 1 fully saturated rings. The maximum Gasteiger partial charge on any atom is 0.317 e. The van der Waals surface area contributed by atoms with Gasteiger partial charge in [-0.15, -0.1) is 6.58 Å². The number of carboxylic acid groups (broad SMARTS) is 1. The number of hydrogen-bond donors (Lipinski definition) is 1. The van der Waals surface area contributed by atoms with Crippen LogP contribution >= 0.6 is 0 Å². The van der Waals surface area contributed by atoms with E-state index in [1.54, 1.807) is 30.0 Å². The van der Waals surface area contributed by atoms with Crippen LogP contribution in [0.15, 0.2) is 30.9 Å². The number of carbonyl (C=O) groups is 2. The monoisotopic (exact) mass is 392 g/mol. The largest absolute Gasteiger partial charge is 0.493 e. The number of carbonyl (C=O) groups excluding carboxylic acids is 1. The van der Waals surface area contributed by atoms with Gasteiger partial charge in [-0.3, -0.25) is 14.5 Å². The minimum Gasteiger partial charge on any atom is -0.493 e. The van der Waals surface area contributed by atoms with Crippen molar-refractivity contribution in [3.8, 4) is 11.5 Å². The van der Waals surface area contributed by atoms with E-state index in [2.05, 4.69) is 6.58 Å². The molecule has 1 N–H and O–H groups in total. The van der Waals surface area contributed by atoms with Gasteiger partial charge in [0.25, 0.3) is 5.91 Å². The van der Waals surface area contributed by atoms with Crippen LogP contribution in [-0.2, 0) is 20.7 Å². The summed E-state index contributed by atoms with van der Waals surface area (Å²) in [4.78, 5) is 26.6. The summed E-state index contributed by atoms with van der Waals surface area (Å²) in [5.74, 6) is 0.0380. The second-order valence-electron chi connectivity index (χ2n) is 6.69. The number of ether oxygens (including phenoxy) is 3. The Morgan fingerprint density at radius 3 is 2.89 bits per heavy atom. The van der Waals surface area contributed by atoms with Crippen LogP contribution < -0.4 is 9.47 Å². The Bertz CT molecular complexity index is 693. The number of rotatable bonds is 10. The summed E-state index contributed by atoms with van der Waals surface area (Å²) in [6.07, 6.45) is 2.30. The number of allylic oxidation sites excluding steroid dienone is 1. The average Bonchev–Trinajstić information content (AvgIpc) is 2.66. The molecule has 1 saturated heterocycles. The van der Waals surface area contributed by atoms with E-state index in [1.807, 2.05) is 18.2 Å². The number of benzene rings is 1. The molecule has 0 aliphatic carbocycles. The summed E-state index contributed by atoms with van der Waals surface area (Å²) in [6, 6.07) is 5.56. The highest BCUT2D eigenvalue weighted by molar-refractivity contribution is 5.78. The van der Waals surface area contributed by atoms with Crippen molar-refractivity contribution in [1.29, 1.82) is 0 Å². The highest BCUT2D eigenvalue weighted by Crippen LogP contribution is 2.28. The Balaban J connectivity index is 1.88. The van der Waals surface area contributed by atoms with Gasteiger partial charge in [0, 0.05) is 19.6 Å². The van der Waals surface area contributed by atoms with Crippen molar-refractivity contribution in [3.63, 3.8) is 0 Å². The number of amides is 1. The molecule has 1 aliphatic rings. The molecule has 0 spiro atoms. The molecule has 1 aliphatic heterocycles.